The number of hydrogen-bond donors (Lipinski definition) is 2. The largest absolute Gasteiger partial charge is 0.395 e. The molecule has 0 bridgehead atoms. The van der Waals surface area contributed by atoms with Gasteiger partial charge in [-0.2, -0.15) is 0 Å². The summed E-state index contributed by atoms with van der Waals surface area (Å²) in [6, 6.07) is 7.60. The van der Waals surface area contributed by atoms with Crippen molar-refractivity contribution in [2.45, 2.75) is 44.7 Å². The van der Waals surface area contributed by atoms with E-state index in [0.717, 1.165) is 31.2 Å². The number of unbranched alkanes of at least 4 members (excludes halogenated alkanes) is 2. The molecular formula is C22H31ClN4O3. The van der Waals surface area contributed by atoms with Gasteiger partial charge in [0.05, 0.1) is 18.7 Å². The summed E-state index contributed by atoms with van der Waals surface area (Å²) in [7, 11) is 1.64. The van der Waals surface area contributed by atoms with Gasteiger partial charge < -0.3 is 14.9 Å². The van der Waals surface area contributed by atoms with Gasteiger partial charge in [-0.25, -0.2) is 5.43 Å². The lowest BCUT2D eigenvalue weighted by Crippen LogP contribution is -2.58. The molecule has 7 nitrogen and oxygen atoms in total. The Hall–Kier alpha value is -2.09. The molecular weight excluding hydrogens is 404 g/mol. The Morgan fingerprint density at radius 3 is 2.70 bits per heavy atom. The summed E-state index contributed by atoms with van der Waals surface area (Å²) < 4.78 is 0. The summed E-state index contributed by atoms with van der Waals surface area (Å²) in [4.78, 5) is 28.7. The molecule has 0 radical (unpaired) electrons. The van der Waals surface area contributed by atoms with Crippen molar-refractivity contribution in [2.75, 3.05) is 33.3 Å². The molecule has 30 heavy (non-hydrogen) atoms. The number of aliphatic hydroxyl groups is 1. The van der Waals surface area contributed by atoms with Crippen molar-refractivity contribution >= 4 is 23.4 Å². The lowest BCUT2D eigenvalue weighted by molar-refractivity contribution is -0.142. The summed E-state index contributed by atoms with van der Waals surface area (Å²) >= 11 is 6.01. The molecule has 164 valence electrons. The lowest BCUT2D eigenvalue weighted by Gasteiger charge is -2.41. The summed E-state index contributed by atoms with van der Waals surface area (Å²) in [5.74, 6) is -0.310. The minimum Gasteiger partial charge on any atom is -0.395 e. The van der Waals surface area contributed by atoms with Crippen molar-refractivity contribution in [2.24, 2.45) is 0 Å². The molecule has 1 aromatic rings. The van der Waals surface area contributed by atoms with Crippen LogP contribution in [-0.4, -0.2) is 71.1 Å². The summed E-state index contributed by atoms with van der Waals surface area (Å²) in [5.41, 5.74) is 5.11. The smallest absolute Gasteiger partial charge is 0.271 e. The second-order valence-electron chi connectivity index (χ2n) is 7.95. The van der Waals surface area contributed by atoms with E-state index in [9.17, 15) is 9.59 Å². The Morgan fingerprint density at radius 2 is 2.03 bits per heavy atom. The number of aliphatic hydroxyl groups excluding tert-OH is 1. The van der Waals surface area contributed by atoms with Crippen LogP contribution in [0, 0.1) is 0 Å². The van der Waals surface area contributed by atoms with Crippen molar-refractivity contribution < 1.29 is 14.7 Å². The maximum absolute atomic E-state index is 13.2. The third-order valence-corrected chi connectivity index (χ3v) is 5.97. The number of amides is 2. The van der Waals surface area contributed by atoms with Gasteiger partial charge >= 0.3 is 0 Å². The first-order chi connectivity index (χ1) is 14.4. The zero-order chi connectivity index (χ0) is 21.7. The Balaban J connectivity index is 1.79. The standard InChI is InChI=1S/C22H31ClN4O3/c1-3-4-5-6-18-14-26(15-21(29)25(2)11-12-28)22(30)20-13-19(24-27(18)20)16-7-9-17(23)10-8-16/h7-10,13,18-19,24,28H,3-6,11-12,14-15H2,1-2H3. The van der Waals surface area contributed by atoms with Crippen LogP contribution in [0.1, 0.15) is 44.2 Å². The Bertz CT molecular complexity index is 783. The molecule has 2 heterocycles. The monoisotopic (exact) mass is 434 g/mol. The van der Waals surface area contributed by atoms with E-state index in [4.69, 9.17) is 16.7 Å². The molecule has 2 N–H and O–H groups in total. The average Bonchev–Trinajstić information content (AvgIpc) is 3.18. The van der Waals surface area contributed by atoms with Gasteiger partial charge in [-0.3, -0.25) is 14.6 Å². The highest BCUT2D eigenvalue weighted by Crippen LogP contribution is 2.32. The van der Waals surface area contributed by atoms with Crippen molar-refractivity contribution in [3.63, 3.8) is 0 Å². The average molecular weight is 435 g/mol. The molecule has 1 saturated heterocycles. The molecule has 0 aliphatic carbocycles. The van der Waals surface area contributed by atoms with Gasteiger partial charge in [-0.05, 0) is 30.2 Å². The quantitative estimate of drug-likeness (QED) is 0.583. The van der Waals surface area contributed by atoms with Crippen LogP contribution in [0.25, 0.3) is 0 Å². The van der Waals surface area contributed by atoms with Crippen LogP contribution in [0.15, 0.2) is 36.0 Å². The minimum atomic E-state index is -0.168. The van der Waals surface area contributed by atoms with E-state index in [2.05, 4.69) is 12.3 Å². The summed E-state index contributed by atoms with van der Waals surface area (Å²) in [6.07, 6.45) is 6.21. The lowest BCUT2D eigenvalue weighted by atomic mass is 10.0. The van der Waals surface area contributed by atoms with Gasteiger partial charge in [0, 0.05) is 25.2 Å². The van der Waals surface area contributed by atoms with Crippen LogP contribution in [0.4, 0.5) is 0 Å². The number of fused-ring (bicyclic) bond motifs is 1. The molecule has 2 aliphatic heterocycles. The number of nitrogens with one attached hydrogen (secondary N) is 1. The van der Waals surface area contributed by atoms with Crippen molar-refractivity contribution in [3.05, 3.63) is 46.6 Å². The molecule has 0 spiro atoms. The number of piperazine rings is 1. The van der Waals surface area contributed by atoms with Crippen LogP contribution in [0.2, 0.25) is 5.02 Å². The fourth-order valence-electron chi connectivity index (χ4n) is 3.94. The van der Waals surface area contributed by atoms with E-state index in [1.54, 1.807) is 11.9 Å². The van der Waals surface area contributed by atoms with Crippen molar-refractivity contribution in [3.8, 4) is 0 Å². The maximum Gasteiger partial charge on any atom is 0.271 e. The van der Waals surface area contributed by atoms with Gasteiger partial charge in [0.2, 0.25) is 5.91 Å². The molecule has 0 saturated carbocycles. The Labute approximate surface area is 183 Å². The summed E-state index contributed by atoms with van der Waals surface area (Å²) in [6.45, 7) is 2.86. The fraction of sp³-hybridized carbons (Fsp3) is 0.545. The van der Waals surface area contributed by atoms with Crippen LogP contribution >= 0.6 is 11.6 Å². The van der Waals surface area contributed by atoms with Crippen molar-refractivity contribution in [1.82, 2.24) is 20.2 Å². The van der Waals surface area contributed by atoms with Gasteiger partial charge in [-0.1, -0.05) is 49.9 Å². The highest BCUT2D eigenvalue weighted by molar-refractivity contribution is 6.30. The molecule has 3 rings (SSSR count). The number of hydrazine groups is 1. The molecule has 1 fully saturated rings. The van der Waals surface area contributed by atoms with Gasteiger partial charge in [0.25, 0.3) is 5.91 Å². The summed E-state index contributed by atoms with van der Waals surface area (Å²) in [5, 5.41) is 11.7. The van der Waals surface area contributed by atoms with Gasteiger partial charge in [0.15, 0.2) is 0 Å². The molecule has 2 aliphatic rings. The number of halogens is 1. The normalized spacial score (nSPS) is 20.9. The highest BCUT2D eigenvalue weighted by Gasteiger charge is 2.41. The zero-order valence-electron chi connectivity index (χ0n) is 17.7. The van der Waals surface area contributed by atoms with Crippen LogP contribution in [0.5, 0.6) is 0 Å². The third-order valence-electron chi connectivity index (χ3n) is 5.72. The number of likely N-dealkylation sites (N-methyl/N-ethyl adjacent to an activating group) is 1. The number of carbonyl (C=O) groups is 2. The number of nitrogens with zero attached hydrogens (tertiary/aromatic N) is 3. The van der Waals surface area contributed by atoms with E-state index in [1.165, 1.54) is 4.90 Å². The Morgan fingerprint density at radius 1 is 1.30 bits per heavy atom. The van der Waals surface area contributed by atoms with Crippen LogP contribution in [-0.2, 0) is 9.59 Å². The van der Waals surface area contributed by atoms with E-state index in [0.29, 0.717) is 17.3 Å². The SMILES string of the molecule is CCCCCC1CN(CC(=O)N(C)CCO)C(=O)C2=CC(c3ccc(Cl)cc3)NN21. The molecule has 8 heteroatoms. The van der Waals surface area contributed by atoms with Crippen LogP contribution in [0.3, 0.4) is 0 Å². The topological polar surface area (TPSA) is 76.1 Å². The van der Waals surface area contributed by atoms with Crippen LogP contribution < -0.4 is 5.43 Å². The van der Waals surface area contributed by atoms with E-state index in [1.807, 2.05) is 35.4 Å². The predicted molar refractivity (Wildman–Crippen MR) is 116 cm³/mol. The van der Waals surface area contributed by atoms with E-state index in [-0.39, 0.29) is 43.6 Å². The molecule has 1 aromatic carbocycles. The maximum atomic E-state index is 13.2. The van der Waals surface area contributed by atoms with Gasteiger partial charge in [-0.15, -0.1) is 0 Å². The third kappa shape index (κ3) is 5.14. The Kier molecular flexibility index (Phi) is 7.75. The number of carbonyl (C=O) groups excluding carboxylic acids is 2. The van der Waals surface area contributed by atoms with E-state index < -0.39 is 0 Å². The number of hydrogen-bond acceptors (Lipinski definition) is 5. The zero-order valence-corrected chi connectivity index (χ0v) is 18.4. The molecule has 2 atom stereocenters. The predicted octanol–water partition coefficient (Wildman–Crippen LogP) is 2.33. The van der Waals surface area contributed by atoms with E-state index >= 15 is 0 Å². The second kappa shape index (κ2) is 10.3. The molecule has 2 amide bonds. The molecule has 0 aromatic heterocycles. The fourth-order valence-corrected chi connectivity index (χ4v) is 4.06. The van der Waals surface area contributed by atoms with Gasteiger partial charge in [0.1, 0.15) is 12.2 Å². The second-order valence-corrected chi connectivity index (χ2v) is 8.39. The first-order valence-electron chi connectivity index (χ1n) is 10.6. The first kappa shape index (κ1) is 22.6. The highest BCUT2D eigenvalue weighted by atomic mass is 35.5. The number of benzene rings is 1. The molecule has 2 unspecified atom stereocenters. The number of rotatable bonds is 9. The minimum absolute atomic E-state index is 0.0242. The first-order valence-corrected chi connectivity index (χ1v) is 11.0. The van der Waals surface area contributed by atoms with Crippen molar-refractivity contribution in [1.29, 1.82) is 0 Å².